The van der Waals surface area contributed by atoms with Crippen molar-refractivity contribution in [3.05, 3.63) is 72.3 Å². The fourth-order valence-electron chi connectivity index (χ4n) is 2.14. The van der Waals surface area contributed by atoms with E-state index in [0.717, 1.165) is 17.0 Å². The highest BCUT2D eigenvalue weighted by atomic mass is 35.5. The van der Waals surface area contributed by atoms with Crippen LogP contribution in [0.4, 0.5) is 5.69 Å². The zero-order valence-electron chi connectivity index (χ0n) is 11.1. The molecule has 0 spiro atoms. The van der Waals surface area contributed by atoms with Crippen molar-refractivity contribution >= 4 is 16.5 Å². The molecule has 0 heterocycles. The highest BCUT2D eigenvalue weighted by molar-refractivity contribution is 5.83. The van der Waals surface area contributed by atoms with Gasteiger partial charge in [-0.15, -0.1) is 0 Å². The van der Waals surface area contributed by atoms with Crippen molar-refractivity contribution in [3.63, 3.8) is 0 Å². The first kappa shape index (κ1) is 14.4. The average molecular weight is 286 g/mol. The van der Waals surface area contributed by atoms with Gasteiger partial charge in [-0.1, -0.05) is 42.5 Å². The summed E-state index contributed by atoms with van der Waals surface area (Å²) in [4.78, 5) is 0. The fraction of sp³-hybridized carbons (Fsp3) is 0.0588. The molecule has 2 nitrogen and oxygen atoms in total. The lowest BCUT2D eigenvalue weighted by molar-refractivity contribution is -0.254. The van der Waals surface area contributed by atoms with Crippen LogP contribution in [0.25, 0.3) is 10.8 Å². The summed E-state index contributed by atoms with van der Waals surface area (Å²) in [6.45, 7) is 0.571. The van der Waals surface area contributed by atoms with Crippen LogP contribution in [-0.2, 0) is 6.61 Å². The van der Waals surface area contributed by atoms with Crippen molar-refractivity contribution in [3.8, 4) is 5.75 Å². The molecule has 0 aliphatic rings. The Morgan fingerprint density at radius 3 is 2.40 bits per heavy atom. The second-order valence-electron chi connectivity index (χ2n) is 4.62. The van der Waals surface area contributed by atoms with E-state index < -0.39 is 0 Å². The van der Waals surface area contributed by atoms with Crippen LogP contribution >= 0.6 is 0 Å². The molecule has 0 bridgehead atoms. The fourth-order valence-corrected chi connectivity index (χ4v) is 2.14. The molecule has 3 N–H and O–H groups in total. The zero-order valence-corrected chi connectivity index (χ0v) is 11.8. The van der Waals surface area contributed by atoms with Crippen LogP contribution in [0.3, 0.4) is 0 Å². The number of rotatable bonds is 3. The van der Waals surface area contributed by atoms with Crippen LogP contribution in [0.5, 0.6) is 5.75 Å². The summed E-state index contributed by atoms with van der Waals surface area (Å²) >= 11 is 0. The number of hydrogen-bond donors (Lipinski definition) is 1. The maximum Gasteiger partial charge on any atom is 0.128 e. The molecule has 0 atom stereocenters. The van der Waals surface area contributed by atoms with Crippen LogP contribution in [0.2, 0.25) is 0 Å². The number of benzene rings is 3. The first-order valence-electron chi connectivity index (χ1n) is 6.34. The van der Waals surface area contributed by atoms with Crippen molar-refractivity contribution in [2.75, 3.05) is 0 Å². The predicted molar refractivity (Wildman–Crippen MR) is 77.3 cm³/mol. The Morgan fingerprint density at radius 1 is 0.800 bits per heavy atom. The first-order chi connectivity index (χ1) is 9.31. The monoisotopic (exact) mass is 285 g/mol. The first-order valence-corrected chi connectivity index (χ1v) is 6.34. The molecule has 20 heavy (non-hydrogen) atoms. The van der Waals surface area contributed by atoms with Gasteiger partial charge in [0, 0.05) is 6.07 Å². The zero-order chi connectivity index (χ0) is 13.1. The van der Waals surface area contributed by atoms with Crippen molar-refractivity contribution < 1.29 is 22.9 Å². The van der Waals surface area contributed by atoms with Crippen molar-refractivity contribution in [2.45, 2.75) is 6.61 Å². The summed E-state index contributed by atoms with van der Waals surface area (Å²) < 4.78 is 5.83. The molecule has 0 radical (unpaired) electrons. The van der Waals surface area contributed by atoms with Gasteiger partial charge in [-0.2, -0.15) is 0 Å². The number of hydrogen-bond acceptors (Lipinski definition) is 1. The molecule has 3 rings (SSSR count). The molecular weight excluding hydrogens is 270 g/mol. The van der Waals surface area contributed by atoms with Crippen molar-refractivity contribution in [1.29, 1.82) is 0 Å². The van der Waals surface area contributed by atoms with Crippen LogP contribution in [-0.4, -0.2) is 0 Å². The third-order valence-electron chi connectivity index (χ3n) is 3.12. The van der Waals surface area contributed by atoms with E-state index in [1.54, 1.807) is 0 Å². The van der Waals surface area contributed by atoms with Gasteiger partial charge in [0.15, 0.2) is 0 Å². The highest BCUT2D eigenvalue weighted by Crippen LogP contribution is 2.21. The Morgan fingerprint density at radius 2 is 1.60 bits per heavy atom. The van der Waals surface area contributed by atoms with Gasteiger partial charge in [0.2, 0.25) is 0 Å². The Bertz CT molecular complexity index is 712. The Kier molecular flexibility index (Phi) is 4.61. The van der Waals surface area contributed by atoms with Gasteiger partial charge in [-0.05, 0) is 34.5 Å². The van der Waals surface area contributed by atoms with Crippen LogP contribution in [0, 0.1) is 0 Å². The SMILES string of the molecule is [Cl-].[NH3+]c1cccc(COc2ccc3ccccc3c2)c1. The van der Waals surface area contributed by atoms with E-state index in [1.165, 1.54) is 10.8 Å². The molecular formula is C17H16ClNO. The minimum atomic E-state index is 0. The number of fused-ring (bicyclic) bond motifs is 1. The lowest BCUT2D eigenvalue weighted by atomic mass is 10.1. The number of quaternary nitrogens is 1. The Labute approximate surface area is 124 Å². The van der Waals surface area contributed by atoms with Gasteiger partial charge in [-0.3, -0.25) is 0 Å². The number of halogens is 1. The lowest BCUT2D eigenvalue weighted by Gasteiger charge is -2.07. The van der Waals surface area contributed by atoms with Crippen molar-refractivity contribution in [2.24, 2.45) is 0 Å². The molecule has 0 fully saturated rings. The molecule has 0 saturated heterocycles. The quantitative estimate of drug-likeness (QED) is 0.738. The van der Waals surface area contributed by atoms with E-state index in [4.69, 9.17) is 4.74 Å². The maximum atomic E-state index is 5.83. The van der Waals surface area contributed by atoms with E-state index in [9.17, 15) is 0 Å². The molecule has 102 valence electrons. The molecule has 3 aromatic rings. The summed E-state index contributed by atoms with van der Waals surface area (Å²) in [5.74, 6) is 0.896. The van der Waals surface area contributed by atoms with Gasteiger partial charge in [0.1, 0.15) is 18.0 Å². The van der Waals surface area contributed by atoms with Gasteiger partial charge in [0.25, 0.3) is 0 Å². The summed E-state index contributed by atoms with van der Waals surface area (Å²) in [7, 11) is 0. The second kappa shape index (κ2) is 6.42. The molecule has 3 heteroatoms. The minimum absolute atomic E-state index is 0. The van der Waals surface area contributed by atoms with E-state index in [1.807, 2.05) is 36.4 Å². The van der Waals surface area contributed by atoms with Gasteiger partial charge >= 0.3 is 0 Å². The van der Waals surface area contributed by atoms with Crippen LogP contribution in [0.1, 0.15) is 5.56 Å². The second-order valence-corrected chi connectivity index (χ2v) is 4.62. The average Bonchev–Trinajstić information content (AvgIpc) is 2.45. The van der Waals surface area contributed by atoms with E-state index in [0.29, 0.717) is 6.61 Å². The van der Waals surface area contributed by atoms with Crippen LogP contribution < -0.4 is 22.9 Å². The molecule has 0 amide bonds. The summed E-state index contributed by atoms with van der Waals surface area (Å²) in [6.07, 6.45) is 0. The number of ether oxygens (including phenoxy) is 1. The Balaban J connectivity index is 0.00000147. The maximum absolute atomic E-state index is 5.83. The van der Waals surface area contributed by atoms with Crippen molar-refractivity contribution in [1.82, 2.24) is 0 Å². The molecule has 0 aliphatic heterocycles. The van der Waals surface area contributed by atoms with Crippen LogP contribution in [0.15, 0.2) is 66.7 Å². The topological polar surface area (TPSA) is 36.9 Å². The van der Waals surface area contributed by atoms with E-state index in [-0.39, 0.29) is 12.4 Å². The normalized spacial score (nSPS) is 10.1. The third kappa shape index (κ3) is 3.29. The largest absolute Gasteiger partial charge is 1.00 e. The van der Waals surface area contributed by atoms with Gasteiger partial charge in [-0.25, -0.2) is 0 Å². The Hall–Kier alpha value is -2.03. The molecule has 3 aromatic carbocycles. The smallest absolute Gasteiger partial charge is 0.128 e. The predicted octanol–water partition coefficient (Wildman–Crippen LogP) is 0.296. The molecule has 0 aromatic heterocycles. The highest BCUT2D eigenvalue weighted by Gasteiger charge is 1.99. The van der Waals surface area contributed by atoms with Gasteiger partial charge < -0.3 is 22.9 Å². The molecule has 0 unspecified atom stereocenters. The lowest BCUT2D eigenvalue weighted by Crippen LogP contribution is -3.00. The van der Waals surface area contributed by atoms with E-state index in [2.05, 4.69) is 36.1 Å². The molecule has 0 saturated carbocycles. The molecule has 0 aliphatic carbocycles. The summed E-state index contributed by atoms with van der Waals surface area (Å²) in [5.41, 5.74) is 6.07. The summed E-state index contributed by atoms with van der Waals surface area (Å²) in [6, 6.07) is 22.5. The summed E-state index contributed by atoms with van der Waals surface area (Å²) in [5, 5.41) is 2.43. The minimum Gasteiger partial charge on any atom is -1.00 e. The third-order valence-corrected chi connectivity index (χ3v) is 3.12. The standard InChI is InChI=1S/C17H15NO.ClH/c18-16-7-3-4-13(10-16)12-19-17-9-8-14-5-1-2-6-15(14)11-17;/h1-11H,12,18H2;1H. The van der Waals surface area contributed by atoms with Gasteiger partial charge in [0.05, 0.1) is 0 Å². The van der Waals surface area contributed by atoms with E-state index >= 15 is 0 Å².